The summed E-state index contributed by atoms with van der Waals surface area (Å²) in [7, 11) is 0. The highest BCUT2D eigenvalue weighted by Crippen LogP contribution is 2.20. The summed E-state index contributed by atoms with van der Waals surface area (Å²) in [6.07, 6.45) is 0. The molecule has 100 valence electrons. The molecule has 0 spiro atoms. The van der Waals surface area contributed by atoms with E-state index in [1.54, 1.807) is 0 Å². The lowest BCUT2D eigenvalue weighted by atomic mass is 10.1. The highest BCUT2D eigenvalue weighted by Gasteiger charge is 2.20. The van der Waals surface area contributed by atoms with Crippen LogP contribution in [0.3, 0.4) is 0 Å². The molecule has 1 unspecified atom stereocenters. The van der Waals surface area contributed by atoms with Crippen molar-refractivity contribution in [1.29, 1.82) is 0 Å². The Morgan fingerprint density at radius 2 is 2.17 bits per heavy atom. The summed E-state index contributed by atoms with van der Waals surface area (Å²) < 4.78 is 5.46. The molecule has 0 bridgehead atoms. The Morgan fingerprint density at radius 3 is 2.83 bits per heavy atom. The third-order valence-corrected chi connectivity index (χ3v) is 2.90. The van der Waals surface area contributed by atoms with Gasteiger partial charge in [0.05, 0.1) is 19.3 Å². The van der Waals surface area contributed by atoms with Crippen LogP contribution in [0.2, 0.25) is 0 Å². The molecule has 1 aliphatic heterocycles. The van der Waals surface area contributed by atoms with Crippen LogP contribution in [-0.2, 0) is 4.74 Å². The lowest BCUT2D eigenvalue weighted by molar-refractivity contribution is 0.0985. The highest BCUT2D eigenvalue weighted by atomic mass is 16.5. The number of rotatable bonds is 2. The van der Waals surface area contributed by atoms with Crippen molar-refractivity contribution in [2.45, 2.75) is 39.3 Å². The first kappa shape index (κ1) is 13.1. The molecule has 1 aliphatic rings. The highest BCUT2D eigenvalue weighted by molar-refractivity contribution is 5.48. The SMILES string of the molecule is CC1COCCN1c1cccc(NC(C)(C)C)n1. The van der Waals surface area contributed by atoms with Crippen LogP contribution in [0.5, 0.6) is 0 Å². The second kappa shape index (κ2) is 5.14. The Balaban J connectivity index is 2.16. The van der Waals surface area contributed by atoms with Gasteiger partial charge >= 0.3 is 0 Å². The van der Waals surface area contributed by atoms with E-state index in [4.69, 9.17) is 9.72 Å². The number of hydrogen-bond acceptors (Lipinski definition) is 4. The molecule has 0 amide bonds. The summed E-state index contributed by atoms with van der Waals surface area (Å²) in [5.74, 6) is 1.96. The van der Waals surface area contributed by atoms with Gasteiger partial charge in [0.25, 0.3) is 0 Å². The van der Waals surface area contributed by atoms with E-state index < -0.39 is 0 Å². The summed E-state index contributed by atoms with van der Waals surface area (Å²) in [4.78, 5) is 6.99. The van der Waals surface area contributed by atoms with Crippen LogP contribution in [0.1, 0.15) is 27.7 Å². The molecule has 0 aromatic carbocycles. The molecule has 2 rings (SSSR count). The van der Waals surface area contributed by atoms with Crippen LogP contribution < -0.4 is 10.2 Å². The molecule has 4 heteroatoms. The molecule has 0 saturated carbocycles. The predicted molar refractivity (Wildman–Crippen MR) is 75.2 cm³/mol. The van der Waals surface area contributed by atoms with E-state index >= 15 is 0 Å². The third-order valence-electron chi connectivity index (χ3n) is 2.90. The first-order valence-corrected chi connectivity index (χ1v) is 6.55. The molecule has 1 saturated heterocycles. The Bertz CT molecular complexity index is 400. The van der Waals surface area contributed by atoms with Gasteiger partial charge in [-0.05, 0) is 39.8 Å². The van der Waals surface area contributed by atoms with Crippen LogP contribution in [-0.4, -0.2) is 36.3 Å². The van der Waals surface area contributed by atoms with Gasteiger partial charge in [-0.3, -0.25) is 0 Å². The monoisotopic (exact) mass is 249 g/mol. The Kier molecular flexibility index (Phi) is 3.76. The van der Waals surface area contributed by atoms with Crippen molar-refractivity contribution in [3.8, 4) is 0 Å². The van der Waals surface area contributed by atoms with Crippen molar-refractivity contribution in [2.75, 3.05) is 30.0 Å². The smallest absolute Gasteiger partial charge is 0.131 e. The second-order valence-electron chi connectivity index (χ2n) is 5.87. The van der Waals surface area contributed by atoms with Gasteiger partial charge in [0.15, 0.2) is 0 Å². The van der Waals surface area contributed by atoms with Gasteiger partial charge in [-0.25, -0.2) is 4.98 Å². The summed E-state index contributed by atoms with van der Waals surface area (Å²) in [5.41, 5.74) is 0.0300. The fraction of sp³-hybridized carbons (Fsp3) is 0.643. The number of nitrogens with zero attached hydrogens (tertiary/aromatic N) is 2. The summed E-state index contributed by atoms with van der Waals surface area (Å²) >= 11 is 0. The third kappa shape index (κ3) is 3.35. The largest absolute Gasteiger partial charge is 0.377 e. The molecule has 18 heavy (non-hydrogen) atoms. The quantitative estimate of drug-likeness (QED) is 0.874. The number of ether oxygens (including phenoxy) is 1. The zero-order chi connectivity index (χ0) is 13.2. The Morgan fingerprint density at radius 1 is 1.39 bits per heavy atom. The van der Waals surface area contributed by atoms with Crippen LogP contribution in [0.25, 0.3) is 0 Å². The molecule has 1 fully saturated rings. The van der Waals surface area contributed by atoms with E-state index in [9.17, 15) is 0 Å². The van der Waals surface area contributed by atoms with Crippen molar-refractivity contribution < 1.29 is 4.74 Å². The molecule has 0 radical (unpaired) electrons. The lowest BCUT2D eigenvalue weighted by Gasteiger charge is -2.34. The zero-order valence-corrected chi connectivity index (χ0v) is 11.7. The van der Waals surface area contributed by atoms with Gasteiger partial charge in [-0.1, -0.05) is 6.07 Å². The fourth-order valence-electron chi connectivity index (χ4n) is 2.10. The number of nitrogens with one attached hydrogen (secondary N) is 1. The van der Waals surface area contributed by atoms with Gasteiger partial charge in [-0.2, -0.15) is 0 Å². The molecule has 4 nitrogen and oxygen atoms in total. The van der Waals surface area contributed by atoms with Crippen molar-refractivity contribution in [3.63, 3.8) is 0 Å². The first-order chi connectivity index (χ1) is 8.46. The predicted octanol–water partition coefficient (Wildman–Crippen LogP) is 2.52. The minimum Gasteiger partial charge on any atom is -0.377 e. The molecule has 2 heterocycles. The van der Waals surface area contributed by atoms with Gasteiger partial charge < -0.3 is 15.0 Å². The van der Waals surface area contributed by atoms with Crippen molar-refractivity contribution in [2.24, 2.45) is 0 Å². The maximum absolute atomic E-state index is 5.46. The minimum absolute atomic E-state index is 0.0300. The molecule has 1 aromatic heterocycles. The number of anilines is 2. The van der Waals surface area contributed by atoms with E-state index in [1.165, 1.54) is 0 Å². The van der Waals surface area contributed by atoms with Gasteiger partial charge in [0.1, 0.15) is 11.6 Å². The van der Waals surface area contributed by atoms with Crippen LogP contribution >= 0.6 is 0 Å². The molecular weight excluding hydrogens is 226 g/mol. The van der Waals surface area contributed by atoms with E-state index in [1.807, 2.05) is 6.07 Å². The maximum atomic E-state index is 5.46. The molecule has 1 atom stereocenters. The molecule has 0 aliphatic carbocycles. The van der Waals surface area contributed by atoms with Crippen LogP contribution in [0.4, 0.5) is 11.6 Å². The minimum atomic E-state index is 0.0300. The van der Waals surface area contributed by atoms with Crippen molar-refractivity contribution in [1.82, 2.24) is 4.98 Å². The molecular formula is C14H23N3O. The zero-order valence-electron chi connectivity index (χ0n) is 11.7. The van der Waals surface area contributed by atoms with Crippen molar-refractivity contribution in [3.05, 3.63) is 18.2 Å². The van der Waals surface area contributed by atoms with Crippen LogP contribution in [0, 0.1) is 0 Å². The summed E-state index contributed by atoms with van der Waals surface area (Å²) in [6, 6.07) is 6.52. The second-order valence-corrected chi connectivity index (χ2v) is 5.87. The number of hydrogen-bond donors (Lipinski definition) is 1. The Hall–Kier alpha value is -1.29. The standard InChI is InChI=1S/C14H23N3O/c1-11-10-18-9-8-17(11)13-7-5-6-12(15-13)16-14(2,3)4/h5-7,11H,8-10H2,1-4H3,(H,15,16). The van der Waals surface area contributed by atoms with E-state index in [0.29, 0.717) is 6.04 Å². The van der Waals surface area contributed by atoms with E-state index in [2.05, 4.69) is 50.0 Å². The van der Waals surface area contributed by atoms with Crippen molar-refractivity contribution >= 4 is 11.6 Å². The number of pyridine rings is 1. The number of morpholine rings is 1. The summed E-state index contributed by atoms with van der Waals surface area (Å²) in [5, 5.41) is 3.41. The summed E-state index contributed by atoms with van der Waals surface area (Å²) in [6.45, 7) is 11.1. The lowest BCUT2D eigenvalue weighted by Crippen LogP contribution is -2.44. The molecule has 1 N–H and O–H groups in total. The van der Waals surface area contributed by atoms with Gasteiger partial charge in [0, 0.05) is 12.1 Å². The first-order valence-electron chi connectivity index (χ1n) is 6.55. The maximum Gasteiger partial charge on any atom is 0.131 e. The van der Waals surface area contributed by atoms with E-state index in [0.717, 1.165) is 31.4 Å². The van der Waals surface area contributed by atoms with Crippen LogP contribution in [0.15, 0.2) is 18.2 Å². The van der Waals surface area contributed by atoms with E-state index in [-0.39, 0.29) is 5.54 Å². The topological polar surface area (TPSA) is 37.4 Å². The number of aromatic nitrogens is 1. The molecule has 1 aromatic rings. The van der Waals surface area contributed by atoms with Gasteiger partial charge in [0.2, 0.25) is 0 Å². The Labute approximate surface area is 109 Å². The van der Waals surface area contributed by atoms with Gasteiger partial charge in [-0.15, -0.1) is 0 Å². The normalized spacial score (nSPS) is 20.9. The average molecular weight is 249 g/mol. The fourth-order valence-corrected chi connectivity index (χ4v) is 2.10. The average Bonchev–Trinajstić information content (AvgIpc) is 2.27.